The fourth-order valence-corrected chi connectivity index (χ4v) is 3.33. The third-order valence-electron chi connectivity index (χ3n) is 2.66. The van der Waals surface area contributed by atoms with E-state index in [-0.39, 0.29) is 28.0 Å². The lowest BCUT2D eigenvalue weighted by Crippen LogP contribution is -2.41. The van der Waals surface area contributed by atoms with Crippen molar-refractivity contribution >= 4 is 21.6 Å². The van der Waals surface area contributed by atoms with Gasteiger partial charge in [0.1, 0.15) is 4.90 Å². The molecular formula is C12H15ClN2O3S. The minimum absolute atomic E-state index is 0.0342. The Labute approximate surface area is 117 Å². The van der Waals surface area contributed by atoms with Gasteiger partial charge in [0.05, 0.1) is 23.3 Å². The number of rotatable bonds is 5. The van der Waals surface area contributed by atoms with Crippen LogP contribution in [-0.2, 0) is 10.0 Å². The van der Waals surface area contributed by atoms with Crippen molar-refractivity contribution in [2.75, 3.05) is 6.61 Å². The smallest absolute Gasteiger partial charge is 0.242 e. The molecule has 1 aromatic rings. The largest absolute Gasteiger partial charge is 0.395 e. The first-order valence-electron chi connectivity index (χ1n) is 5.64. The SMILES string of the molecule is CC(C)[C@@H](CO)NS(=O)(=O)c1cc(C#N)ccc1Cl. The number of halogens is 1. The molecule has 0 unspecified atom stereocenters. The van der Waals surface area contributed by atoms with Gasteiger partial charge < -0.3 is 5.11 Å². The second kappa shape index (κ2) is 6.35. The van der Waals surface area contributed by atoms with E-state index in [0.29, 0.717) is 0 Å². The van der Waals surface area contributed by atoms with E-state index in [2.05, 4.69) is 4.72 Å². The van der Waals surface area contributed by atoms with Crippen molar-refractivity contribution in [2.24, 2.45) is 5.92 Å². The molecule has 2 N–H and O–H groups in total. The summed E-state index contributed by atoms with van der Waals surface area (Å²) in [5.74, 6) is -0.0716. The fraction of sp³-hybridized carbons (Fsp3) is 0.417. The lowest BCUT2D eigenvalue weighted by molar-refractivity contribution is 0.227. The Balaban J connectivity index is 3.17. The van der Waals surface area contributed by atoms with Gasteiger partial charge in [0, 0.05) is 6.04 Å². The molecule has 0 bridgehead atoms. The summed E-state index contributed by atoms with van der Waals surface area (Å²) in [5, 5.41) is 18.0. The highest BCUT2D eigenvalue weighted by Gasteiger charge is 2.24. The van der Waals surface area contributed by atoms with Gasteiger partial charge in [-0.15, -0.1) is 0 Å². The molecular weight excluding hydrogens is 288 g/mol. The first-order chi connectivity index (χ1) is 8.81. The highest BCUT2D eigenvalue weighted by Crippen LogP contribution is 2.23. The maximum absolute atomic E-state index is 12.2. The van der Waals surface area contributed by atoms with Crippen LogP contribution in [0.25, 0.3) is 0 Å². The number of aliphatic hydroxyl groups excluding tert-OH is 1. The monoisotopic (exact) mass is 302 g/mol. The third kappa shape index (κ3) is 3.91. The van der Waals surface area contributed by atoms with Gasteiger partial charge >= 0.3 is 0 Å². The van der Waals surface area contributed by atoms with Gasteiger partial charge in [-0.1, -0.05) is 25.4 Å². The zero-order valence-electron chi connectivity index (χ0n) is 10.6. The van der Waals surface area contributed by atoms with Crippen LogP contribution in [-0.4, -0.2) is 26.2 Å². The summed E-state index contributed by atoms with van der Waals surface area (Å²) in [6.07, 6.45) is 0. The van der Waals surface area contributed by atoms with E-state index < -0.39 is 16.1 Å². The van der Waals surface area contributed by atoms with Crippen molar-refractivity contribution in [2.45, 2.75) is 24.8 Å². The molecule has 0 aliphatic rings. The minimum atomic E-state index is -3.87. The molecule has 0 radical (unpaired) electrons. The molecule has 0 amide bonds. The maximum atomic E-state index is 12.2. The number of benzene rings is 1. The molecule has 5 nitrogen and oxygen atoms in total. The topological polar surface area (TPSA) is 90.2 Å². The van der Waals surface area contributed by atoms with Crippen LogP contribution < -0.4 is 4.72 Å². The van der Waals surface area contributed by atoms with Crippen LogP contribution in [0.2, 0.25) is 5.02 Å². The predicted octanol–water partition coefficient (Wildman–Crippen LogP) is 1.51. The van der Waals surface area contributed by atoms with Gasteiger partial charge in [-0.25, -0.2) is 13.1 Å². The molecule has 0 saturated heterocycles. The second-order valence-corrected chi connectivity index (χ2v) is 6.50. The van der Waals surface area contributed by atoms with E-state index in [0.717, 1.165) is 0 Å². The molecule has 0 fully saturated rings. The molecule has 0 aromatic heterocycles. The summed E-state index contributed by atoms with van der Waals surface area (Å²) in [5.41, 5.74) is 0.204. The van der Waals surface area contributed by atoms with Crippen LogP contribution in [0, 0.1) is 17.2 Å². The molecule has 1 rings (SSSR count). The van der Waals surface area contributed by atoms with Crippen molar-refractivity contribution in [1.82, 2.24) is 4.72 Å². The molecule has 1 atom stereocenters. The number of hydrogen-bond donors (Lipinski definition) is 2. The number of sulfonamides is 1. The van der Waals surface area contributed by atoms with Crippen LogP contribution >= 0.6 is 11.6 Å². The van der Waals surface area contributed by atoms with E-state index >= 15 is 0 Å². The average Bonchev–Trinajstić information content (AvgIpc) is 2.36. The van der Waals surface area contributed by atoms with Crippen molar-refractivity contribution in [3.63, 3.8) is 0 Å². The predicted molar refractivity (Wildman–Crippen MR) is 72.2 cm³/mol. The van der Waals surface area contributed by atoms with Gasteiger partial charge in [-0.05, 0) is 24.1 Å². The van der Waals surface area contributed by atoms with Gasteiger partial charge in [0.25, 0.3) is 0 Å². The zero-order chi connectivity index (χ0) is 14.6. The number of aliphatic hydroxyl groups is 1. The molecule has 0 aliphatic carbocycles. The summed E-state index contributed by atoms with van der Waals surface area (Å²) in [6, 6.07) is 5.26. The van der Waals surface area contributed by atoms with E-state index in [1.165, 1.54) is 18.2 Å². The van der Waals surface area contributed by atoms with Crippen molar-refractivity contribution in [1.29, 1.82) is 5.26 Å². The highest BCUT2D eigenvalue weighted by molar-refractivity contribution is 7.89. The highest BCUT2D eigenvalue weighted by atomic mass is 35.5. The molecule has 104 valence electrons. The molecule has 19 heavy (non-hydrogen) atoms. The first-order valence-corrected chi connectivity index (χ1v) is 7.50. The Kier molecular flexibility index (Phi) is 5.32. The van der Waals surface area contributed by atoms with E-state index in [1.807, 2.05) is 6.07 Å². The summed E-state index contributed by atoms with van der Waals surface area (Å²) >= 11 is 5.85. The number of nitrogens with one attached hydrogen (secondary N) is 1. The van der Waals surface area contributed by atoms with Gasteiger partial charge in [0.2, 0.25) is 10.0 Å². The Bertz CT molecular complexity index is 593. The number of hydrogen-bond acceptors (Lipinski definition) is 4. The first kappa shape index (κ1) is 15.9. The minimum Gasteiger partial charge on any atom is -0.395 e. The maximum Gasteiger partial charge on any atom is 0.242 e. The van der Waals surface area contributed by atoms with Crippen LogP contribution in [0.5, 0.6) is 0 Å². The Morgan fingerprint density at radius 1 is 1.47 bits per heavy atom. The number of nitriles is 1. The van der Waals surface area contributed by atoms with Crippen LogP contribution in [0.15, 0.2) is 23.1 Å². The van der Waals surface area contributed by atoms with Crippen LogP contribution in [0.4, 0.5) is 0 Å². The molecule has 1 aromatic carbocycles. The van der Waals surface area contributed by atoms with E-state index in [4.69, 9.17) is 22.0 Å². The quantitative estimate of drug-likeness (QED) is 0.862. The van der Waals surface area contributed by atoms with Crippen LogP contribution in [0.1, 0.15) is 19.4 Å². The average molecular weight is 303 g/mol. The molecule has 7 heteroatoms. The van der Waals surface area contributed by atoms with E-state index in [9.17, 15) is 8.42 Å². The van der Waals surface area contributed by atoms with E-state index in [1.54, 1.807) is 13.8 Å². The molecule has 0 saturated carbocycles. The summed E-state index contributed by atoms with van der Waals surface area (Å²) in [7, 11) is -3.87. The Morgan fingerprint density at radius 2 is 2.11 bits per heavy atom. The number of nitrogens with zero attached hydrogens (tertiary/aromatic N) is 1. The normalized spacial score (nSPS) is 13.3. The van der Waals surface area contributed by atoms with Crippen LogP contribution in [0.3, 0.4) is 0 Å². The van der Waals surface area contributed by atoms with Crippen molar-refractivity contribution in [3.8, 4) is 6.07 Å². The molecule has 0 spiro atoms. The van der Waals surface area contributed by atoms with Gasteiger partial charge in [0.15, 0.2) is 0 Å². The Hall–Kier alpha value is -1.13. The zero-order valence-corrected chi connectivity index (χ0v) is 12.2. The standard InChI is InChI=1S/C12H15ClN2O3S/c1-8(2)11(7-16)15-19(17,18)12-5-9(6-14)3-4-10(12)13/h3-5,8,11,15-16H,7H2,1-2H3/t11-/m1/s1. The summed E-state index contributed by atoms with van der Waals surface area (Å²) in [4.78, 5) is -0.160. The lowest BCUT2D eigenvalue weighted by Gasteiger charge is -2.20. The van der Waals surface area contributed by atoms with Crippen molar-refractivity contribution in [3.05, 3.63) is 28.8 Å². The van der Waals surface area contributed by atoms with Gasteiger partial charge in [-0.3, -0.25) is 0 Å². The lowest BCUT2D eigenvalue weighted by atomic mass is 10.1. The molecule has 0 heterocycles. The third-order valence-corrected chi connectivity index (χ3v) is 4.63. The van der Waals surface area contributed by atoms with Crippen molar-refractivity contribution < 1.29 is 13.5 Å². The Morgan fingerprint density at radius 3 is 2.58 bits per heavy atom. The van der Waals surface area contributed by atoms with Gasteiger partial charge in [-0.2, -0.15) is 5.26 Å². The fourth-order valence-electron chi connectivity index (χ4n) is 1.43. The molecule has 0 aliphatic heterocycles. The summed E-state index contributed by atoms with van der Waals surface area (Å²) < 4.78 is 26.7. The second-order valence-electron chi connectivity index (χ2n) is 4.41. The summed E-state index contributed by atoms with van der Waals surface area (Å²) in [6.45, 7) is 3.26.